The molecule has 2 aromatic rings. The molecule has 1 saturated carbocycles. The van der Waals surface area contributed by atoms with Gasteiger partial charge in [-0.3, -0.25) is 4.79 Å². The average molecular weight is 251 g/mol. The minimum atomic E-state index is 0.158. The Kier molecular flexibility index (Phi) is 3.32. The van der Waals surface area contributed by atoms with Crippen LogP contribution in [-0.2, 0) is 11.3 Å². The molecular formula is C17H17NO. The molecule has 1 amide bonds. The summed E-state index contributed by atoms with van der Waals surface area (Å²) in [5.41, 5.74) is 2.43. The van der Waals surface area contributed by atoms with Gasteiger partial charge in [-0.15, -0.1) is 0 Å². The number of nitrogens with one attached hydrogen (secondary N) is 1. The zero-order chi connectivity index (χ0) is 13.1. The summed E-state index contributed by atoms with van der Waals surface area (Å²) in [6.45, 7) is 0.623. The largest absolute Gasteiger partial charge is 0.352 e. The Bertz CT molecular complexity index is 550. The predicted octanol–water partition coefficient (Wildman–Crippen LogP) is 3.11. The van der Waals surface area contributed by atoms with Crippen molar-refractivity contribution in [1.82, 2.24) is 5.32 Å². The van der Waals surface area contributed by atoms with Crippen LogP contribution >= 0.6 is 0 Å². The van der Waals surface area contributed by atoms with E-state index in [0.29, 0.717) is 12.5 Å². The lowest BCUT2D eigenvalue weighted by Gasteiger charge is -2.05. The van der Waals surface area contributed by atoms with Crippen molar-refractivity contribution >= 4 is 5.91 Å². The maximum absolute atomic E-state index is 12.1. The van der Waals surface area contributed by atoms with Crippen LogP contribution in [0.5, 0.6) is 0 Å². The van der Waals surface area contributed by atoms with E-state index in [1.807, 2.05) is 48.5 Å². The van der Waals surface area contributed by atoms with Crippen molar-refractivity contribution in [1.29, 1.82) is 0 Å². The number of carbonyl (C=O) groups is 1. The van der Waals surface area contributed by atoms with Crippen molar-refractivity contribution in [2.75, 3.05) is 0 Å². The van der Waals surface area contributed by atoms with E-state index in [1.54, 1.807) is 0 Å². The number of benzene rings is 2. The third kappa shape index (κ3) is 2.84. The fourth-order valence-electron chi connectivity index (χ4n) is 2.47. The zero-order valence-electron chi connectivity index (χ0n) is 10.8. The van der Waals surface area contributed by atoms with E-state index in [0.717, 1.165) is 12.0 Å². The van der Waals surface area contributed by atoms with E-state index in [2.05, 4.69) is 17.4 Å². The van der Waals surface area contributed by atoms with Gasteiger partial charge in [-0.05, 0) is 23.5 Å². The molecule has 0 radical (unpaired) electrons. The summed E-state index contributed by atoms with van der Waals surface area (Å²) in [6, 6.07) is 20.3. The number of amides is 1. The molecule has 2 nitrogen and oxygen atoms in total. The second-order valence-corrected chi connectivity index (χ2v) is 5.06. The molecule has 1 aliphatic rings. The van der Waals surface area contributed by atoms with Crippen LogP contribution in [0.3, 0.4) is 0 Å². The Labute approximate surface area is 113 Å². The Balaban J connectivity index is 1.53. The number of hydrogen-bond donors (Lipinski definition) is 1. The van der Waals surface area contributed by atoms with Crippen LogP contribution in [0.25, 0.3) is 0 Å². The van der Waals surface area contributed by atoms with Gasteiger partial charge < -0.3 is 5.32 Å². The van der Waals surface area contributed by atoms with Gasteiger partial charge in [0, 0.05) is 12.5 Å². The van der Waals surface area contributed by atoms with Crippen LogP contribution in [0.1, 0.15) is 23.5 Å². The summed E-state index contributed by atoms with van der Waals surface area (Å²) in [7, 11) is 0. The summed E-state index contributed by atoms with van der Waals surface area (Å²) in [6.07, 6.45) is 0.977. The molecule has 0 unspecified atom stereocenters. The van der Waals surface area contributed by atoms with Gasteiger partial charge in [0.2, 0.25) is 5.91 Å². The Hall–Kier alpha value is -2.09. The molecule has 0 aliphatic heterocycles. The van der Waals surface area contributed by atoms with Gasteiger partial charge >= 0.3 is 0 Å². The molecule has 0 aromatic heterocycles. The fraction of sp³-hybridized carbons (Fsp3) is 0.235. The van der Waals surface area contributed by atoms with Crippen LogP contribution in [0, 0.1) is 5.92 Å². The van der Waals surface area contributed by atoms with E-state index in [1.165, 1.54) is 5.56 Å². The van der Waals surface area contributed by atoms with Crippen molar-refractivity contribution in [2.45, 2.75) is 18.9 Å². The average Bonchev–Trinajstić information content (AvgIpc) is 3.27. The van der Waals surface area contributed by atoms with Crippen LogP contribution in [0.4, 0.5) is 0 Å². The molecule has 0 saturated heterocycles. The first kappa shape index (κ1) is 12.0. The monoisotopic (exact) mass is 251 g/mol. The topological polar surface area (TPSA) is 29.1 Å². The summed E-state index contributed by atoms with van der Waals surface area (Å²) < 4.78 is 0. The predicted molar refractivity (Wildman–Crippen MR) is 75.6 cm³/mol. The quantitative estimate of drug-likeness (QED) is 0.888. The molecule has 96 valence electrons. The normalized spacial score (nSPS) is 20.8. The molecule has 0 heterocycles. The van der Waals surface area contributed by atoms with Crippen LogP contribution < -0.4 is 5.32 Å². The highest BCUT2D eigenvalue weighted by atomic mass is 16.2. The molecule has 19 heavy (non-hydrogen) atoms. The molecule has 2 aromatic carbocycles. The van der Waals surface area contributed by atoms with Crippen LogP contribution in [0.15, 0.2) is 60.7 Å². The SMILES string of the molecule is O=C(NCc1ccccc1)[C@H]1C[C@H]1c1ccccc1. The van der Waals surface area contributed by atoms with Gasteiger partial charge in [-0.25, -0.2) is 0 Å². The molecule has 2 heteroatoms. The lowest BCUT2D eigenvalue weighted by atomic mass is 10.1. The van der Waals surface area contributed by atoms with E-state index in [9.17, 15) is 4.79 Å². The van der Waals surface area contributed by atoms with Crippen molar-refractivity contribution in [3.8, 4) is 0 Å². The van der Waals surface area contributed by atoms with Gasteiger partial charge in [-0.2, -0.15) is 0 Å². The van der Waals surface area contributed by atoms with E-state index in [-0.39, 0.29) is 11.8 Å². The van der Waals surface area contributed by atoms with Gasteiger partial charge in [-0.1, -0.05) is 60.7 Å². The molecule has 1 N–H and O–H groups in total. The third-order valence-electron chi connectivity index (χ3n) is 3.66. The summed E-state index contributed by atoms with van der Waals surface area (Å²) >= 11 is 0. The maximum Gasteiger partial charge on any atom is 0.224 e. The van der Waals surface area contributed by atoms with Crippen molar-refractivity contribution < 1.29 is 4.79 Å². The van der Waals surface area contributed by atoms with Gasteiger partial charge in [0.15, 0.2) is 0 Å². The summed E-state index contributed by atoms with van der Waals surface area (Å²) in [5, 5.41) is 3.02. The van der Waals surface area contributed by atoms with E-state index >= 15 is 0 Å². The van der Waals surface area contributed by atoms with Crippen LogP contribution in [-0.4, -0.2) is 5.91 Å². The second-order valence-electron chi connectivity index (χ2n) is 5.06. The number of hydrogen-bond acceptors (Lipinski definition) is 1. The highest BCUT2D eigenvalue weighted by Gasteiger charge is 2.43. The molecule has 2 atom stereocenters. The minimum absolute atomic E-state index is 0.158. The van der Waals surface area contributed by atoms with Crippen molar-refractivity contribution in [2.24, 2.45) is 5.92 Å². The lowest BCUT2D eigenvalue weighted by Crippen LogP contribution is -2.24. The summed E-state index contributed by atoms with van der Waals surface area (Å²) in [5.74, 6) is 0.751. The van der Waals surface area contributed by atoms with E-state index < -0.39 is 0 Å². The molecular weight excluding hydrogens is 234 g/mol. The van der Waals surface area contributed by atoms with Crippen molar-refractivity contribution in [3.63, 3.8) is 0 Å². The Morgan fingerprint density at radius 2 is 1.63 bits per heavy atom. The molecule has 1 aliphatic carbocycles. The number of rotatable bonds is 4. The summed E-state index contributed by atoms with van der Waals surface area (Å²) in [4.78, 5) is 12.1. The molecule has 0 bridgehead atoms. The highest BCUT2D eigenvalue weighted by Crippen LogP contribution is 2.47. The number of carbonyl (C=O) groups excluding carboxylic acids is 1. The minimum Gasteiger partial charge on any atom is -0.352 e. The lowest BCUT2D eigenvalue weighted by molar-refractivity contribution is -0.122. The Morgan fingerprint density at radius 3 is 2.32 bits per heavy atom. The first-order valence-corrected chi connectivity index (χ1v) is 6.71. The third-order valence-corrected chi connectivity index (χ3v) is 3.66. The molecule has 0 spiro atoms. The van der Waals surface area contributed by atoms with Gasteiger partial charge in [0.1, 0.15) is 0 Å². The second kappa shape index (κ2) is 5.27. The fourth-order valence-corrected chi connectivity index (χ4v) is 2.47. The zero-order valence-corrected chi connectivity index (χ0v) is 10.8. The van der Waals surface area contributed by atoms with E-state index in [4.69, 9.17) is 0 Å². The maximum atomic E-state index is 12.1. The first-order chi connectivity index (χ1) is 9.34. The standard InChI is InChI=1S/C17H17NO/c19-17(18-12-13-7-3-1-4-8-13)16-11-15(16)14-9-5-2-6-10-14/h1-10,15-16H,11-12H2,(H,18,19)/t15-,16-/m0/s1. The van der Waals surface area contributed by atoms with Crippen molar-refractivity contribution in [3.05, 3.63) is 71.8 Å². The van der Waals surface area contributed by atoms with Crippen LogP contribution in [0.2, 0.25) is 0 Å². The smallest absolute Gasteiger partial charge is 0.224 e. The highest BCUT2D eigenvalue weighted by molar-refractivity contribution is 5.82. The van der Waals surface area contributed by atoms with Gasteiger partial charge in [0.25, 0.3) is 0 Å². The first-order valence-electron chi connectivity index (χ1n) is 6.71. The molecule has 3 rings (SSSR count). The molecule has 1 fully saturated rings. The van der Waals surface area contributed by atoms with Gasteiger partial charge in [0.05, 0.1) is 0 Å². The Morgan fingerprint density at radius 1 is 1.00 bits per heavy atom.